The first-order chi connectivity index (χ1) is 11.7. The molecule has 0 saturated heterocycles. The Kier molecular flexibility index (Phi) is 4.61. The number of benzene rings is 1. The molecule has 0 radical (unpaired) electrons. The Labute approximate surface area is 143 Å². The number of nitrogens with zero attached hydrogens (tertiary/aromatic N) is 3. The molecule has 0 aliphatic heterocycles. The van der Waals surface area contributed by atoms with Gasteiger partial charge in [0.05, 0.1) is 25.8 Å². The minimum Gasteiger partial charge on any atom is -0.493 e. The lowest BCUT2D eigenvalue weighted by Gasteiger charge is -2.09. The van der Waals surface area contributed by atoms with Crippen molar-refractivity contribution in [3.05, 3.63) is 51.4 Å². The first kappa shape index (κ1) is 16.2. The average Bonchev–Trinajstić information content (AvgIpc) is 3.05. The van der Waals surface area contributed by atoms with Crippen LogP contribution < -0.4 is 15.0 Å². The molecule has 0 atom stereocenters. The molecule has 124 valence electrons. The highest BCUT2D eigenvalue weighted by Crippen LogP contribution is 2.29. The van der Waals surface area contributed by atoms with Gasteiger partial charge >= 0.3 is 0 Å². The number of para-hydroxylation sites is 1. The highest BCUT2D eigenvalue weighted by atomic mass is 32.1. The van der Waals surface area contributed by atoms with E-state index >= 15 is 0 Å². The van der Waals surface area contributed by atoms with Gasteiger partial charge in [-0.25, -0.2) is 4.98 Å². The van der Waals surface area contributed by atoms with E-state index in [1.807, 2.05) is 18.2 Å². The van der Waals surface area contributed by atoms with Gasteiger partial charge < -0.3 is 9.47 Å². The molecule has 2 heterocycles. The zero-order valence-electron chi connectivity index (χ0n) is 13.6. The van der Waals surface area contributed by atoms with Crippen LogP contribution >= 0.6 is 11.3 Å². The SMILES string of the molecule is CCc1cc2c(=O)n(/N=C\c3cccc(OC)c3OC)cnc2s1. The highest BCUT2D eigenvalue weighted by Gasteiger charge is 2.09. The van der Waals surface area contributed by atoms with E-state index in [0.29, 0.717) is 22.4 Å². The van der Waals surface area contributed by atoms with Gasteiger partial charge in [-0.15, -0.1) is 11.3 Å². The normalized spacial score (nSPS) is 11.3. The number of rotatable bonds is 5. The van der Waals surface area contributed by atoms with Gasteiger partial charge in [0.15, 0.2) is 11.5 Å². The highest BCUT2D eigenvalue weighted by molar-refractivity contribution is 7.18. The molecule has 0 aliphatic carbocycles. The molecule has 0 fully saturated rings. The fourth-order valence-electron chi connectivity index (χ4n) is 2.36. The van der Waals surface area contributed by atoms with Crippen LogP contribution in [0.15, 0.2) is 40.5 Å². The topological polar surface area (TPSA) is 65.7 Å². The van der Waals surface area contributed by atoms with Crippen LogP contribution in [0.5, 0.6) is 11.5 Å². The maximum absolute atomic E-state index is 12.5. The molecule has 0 spiro atoms. The van der Waals surface area contributed by atoms with E-state index in [1.165, 1.54) is 22.3 Å². The van der Waals surface area contributed by atoms with Gasteiger partial charge in [0.25, 0.3) is 5.56 Å². The summed E-state index contributed by atoms with van der Waals surface area (Å²) < 4.78 is 11.8. The van der Waals surface area contributed by atoms with Crippen LogP contribution in [0.2, 0.25) is 0 Å². The van der Waals surface area contributed by atoms with E-state index in [-0.39, 0.29) is 5.56 Å². The fraction of sp³-hybridized carbons (Fsp3) is 0.235. The molecule has 0 unspecified atom stereocenters. The maximum atomic E-state index is 12.5. The molecule has 3 rings (SSSR count). The van der Waals surface area contributed by atoms with Crippen LogP contribution in [-0.4, -0.2) is 30.1 Å². The number of thiophene rings is 1. The molecule has 0 bridgehead atoms. The lowest BCUT2D eigenvalue weighted by Crippen LogP contribution is -2.16. The molecule has 7 heteroatoms. The summed E-state index contributed by atoms with van der Waals surface area (Å²) in [4.78, 5) is 18.7. The van der Waals surface area contributed by atoms with Crippen molar-refractivity contribution in [1.29, 1.82) is 0 Å². The maximum Gasteiger partial charge on any atom is 0.282 e. The first-order valence-electron chi connectivity index (χ1n) is 7.43. The molecule has 0 N–H and O–H groups in total. The van der Waals surface area contributed by atoms with Crippen LogP contribution in [0.4, 0.5) is 0 Å². The van der Waals surface area contributed by atoms with Gasteiger partial charge in [0.1, 0.15) is 11.2 Å². The van der Waals surface area contributed by atoms with E-state index < -0.39 is 0 Å². The Balaban J connectivity index is 2.02. The third kappa shape index (κ3) is 2.90. The Hall–Kier alpha value is -2.67. The van der Waals surface area contributed by atoms with Gasteiger partial charge in [0.2, 0.25) is 0 Å². The molecule has 3 aromatic rings. The molecule has 0 amide bonds. The van der Waals surface area contributed by atoms with Gasteiger partial charge in [-0.2, -0.15) is 9.78 Å². The van der Waals surface area contributed by atoms with Crippen molar-refractivity contribution < 1.29 is 9.47 Å². The second kappa shape index (κ2) is 6.84. The first-order valence-corrected chi connectivity index (χ1v) is 8.25. The van der Waals surface area contributed by atoms with Crippen molar-refractivity contribution in [2.24, 2.45) is 5.10 Å². The summed E-state index contributed by atoms with van der Waals surface area (Å²) in [6.45, 7) is 2.05. The smallest absolute Gasteiger partial charge is 0.282 e. The number of ether oxygens (including phenoxy) is 2. The molecular formula is C17H17N3O3S. The van der Waals surface area contributed by atoms with Crippen LogP contribution in [0.1, 0.15) is 17.4 Å². The second-order valence-corrected chi connectivity index (χ2v) is 6.12. The fourth-order valence-corrected chi connectivity index (χ4v) is 3.28. The van der Waals surface area contributed by atoms with Crippen LogP contribution in [0.25, 0.3) is 10.2 Å². The number of methoxy groups -OCH3 is 2. The third-order valence-corrected chi connectivity index (χ3v) is 4.78. The van der Waals surface area contributed by atoms with Gasteiger partial charge in [-0.1, -0.05) is 13.0 Å². The van der Waals surface area contributed by atoms with E-state index in [2.05, 4.69) is 17.0 Å². The van der Waals surface area contributed by atoms with E-state index in [4.69, 9.17) is 9.47 Å². The van der Waals surface area contributed by atoms with Crippen LogP contribution in [0.3, 0.4) is 0 Å². The summed E-state index contributed by atoms with van der Waals surface area (Å²) >= 11 is 1.53. The van der Waals surface area contributed by atoms with Gasteiger partial charge in [-0.3, -0.25) is 4.79 Å². The van der Waals surface area contributed by atoms with E-state index in [9.17, 15) is 4.79 Å². The minimum atomic E-state index is -0.186. The Bertz CT molecular complexity index is 959. The predicted octanol–water partition coefficient (Wildman–Crippen LogP) is 2.92. The average molecular weight is 343 g/mol. The van der Waals surface area contributed by atoms with Crippen molar-refractivity contribution in [3.8, 4) is 11.5 Å². The summed E-state index contributed by atoms with van der Waals surface area (Å²) in [5.74, 6) is 1.17. The van der Waals surface area contributed by atoms with Crippen LogP contribution in [-0.2, 0) is 6.42 Å². The monoisotopic (exact) mass is 343 g/mol. The minimum absolute atomic E-state index is 0.186. The van der Waals surface area contributed by atoms with Crippen molar-refractivity contribution in [3.63, 3.8) is 0 Å². The standard InChI is InChI=1S/C17H17N3O3S/c1-4-12-8-13-16(24-12)18-10-20(17(13)21)19-9-11-6-5-7-14(22-2)15(11)23-3/h5-10H,4H2,1-3H3/b19-9-. The number of hydrogen-bond acceptors (Lipinski definition) is 6. The largest absolute Gasteiger partial charge is 0.493 e. The Morgan fingerprint density at radius 1 is 1.33 bits per heavy atom. The summed E-state index contributed by atoms with van der Waals surface area (Å²) in [5.41, 5.74) is 0.525. The lowest BCUT2D eigenvalue weighted by atomic mass is 10.2. The molecule has 0 aliphatic rings. The molecule has 2 aromatic heterocycles. The number of aromatic nitrogens is 2. The van der Waals surface area contributed by atoms with Crippen molar-refractivity contribution in [1.82, 2.24) is 9.66 Å². The molecular weight excluding hydrogens is 326 g/mol. The zero-order chi connectivity index (χ0) is 17.1. The number of fused-ring (bicyclic) bond motifs is 1. The van der Waals surface area contributed by atoms with Crippen LogP contribution in [0, 0.1) is 0 Å². The van der Waals surface area contributed by atoms with Crippen molar-refractivity contribution >= 4 is 27.8 Å². The predicted molar refractivity (Wildman–Crippen MR) is 95.8 cm³/mol. The van der Waals surface area contributed by atoms with Crippen molar-refractivity contribution in [2.45, 2.75) is 13.3 Å². The summed E-state index contributed by atoms with van der Waals surface area (Å²) in [5, 5.41) is 4.82. The zero-order valence-corrected chi connectivity index (χ0v) is 14.5. The van der Waals surface area contributed by atoms with Gasteiger partial charge in [-0.05, 0) is 24.6 Å². The Morgan fingerprint density at radius 3 is 2.88 bits per heavy atom. The number of hydrogen-bond donors (Lipinski definition) is 0. The summed E-state index contributed by atoms with van der Waals surface area (Å²) in [6, 6.07) is 7.35. The molecule has 24 heavy (non-hydrogen) atoms. The Morgan fingerprint density at radius 2 is 2.17 bits per heavy atom. The second-order valence-electron chi connectivity index (χ2n) is 5.01. The summed E-state index contributed by atoms with van der Waals surface area (Å²) in [7, 11) is 3.13. The van der Waals surface area contributed by atoms with Crippen molar-refractivity contribution in [2.75, 3.05) is 14.2 Å². The lowest BCUT2D eigenvalue weighted by molar-refractivity contribution is 0.354. The van der Waals surface area contributed by atoms with E-state index in [0.717, 1.165) is 16.1 Å². The number of aryl methyl sites for hydroxylation is 1. The summed E-state index contributed by atoms with van der Waals surface area (Å²) in [6.07, 6.45) is 3.87. The van der Waals surface area contributed by atoms with E-state index in [1.54, 1.807) is 26.5 Å². The molecule has 0 saturated carbocycles. The quantitative estimate of drug-likeness (QED) is 0.668. The third-order valence-electron chi connectivity index (χ3n) is 3.59. The molecule has 1 aromatic carbocycles. The molecule has 6 nitrogen and oxygen atoms in total. The van der Waals surface area contributed by atoms with Gasteiger partial charge in [0, 0.05) is 10.4 Å².